The number of guanidine groups is 1. The minimum atomic E-state index is -0.278. The van der Waals surface area contributed by atoms with E-state index in [2.05, 4.69) is 39.5 Å². The molecule has 3 heterocycles. The fourth-order valence-electron chi connectivity index (χ4n) is 4.65. The molecule has 0 aromatic heterocycles. The molecule has 5 rings (SSSR count). The van der Waals surface area contributed by atoms with Gasteiger partial charge in [0, 0.05) is 37.9 Å². The van der Waals surface area contributed by atoms with E-state index in [1.165, 1.54) is 6.08 Å². The Balaban J connectivity index is 1.51. The minimum Gasteiger partial charge on any atom is -0.494 e. The fraction of sp³-hybridized carbons (Fsp3) is 0.296. The molecule has 0 bridgehead atoms. The molecular weight excluding hydrogens is 486 g/mol. The number of ether oxygens (including phenoxy) is 1. The predicted octanol–water partition coefficient (Wildman–Crippen LogP) is 3.75. The number of benzene rings is 2. The van der Waals surface area contributed by atoms with Gasteiger partial charge in [0.2, 0.25) is 11.9 Å². The van der Waals surface area contributed by atoms with Gasteiger partial charge in [0.05, 0.1) is 41.2 Å². The third-order valence-electron chi connectivity index (χ3n) is 6.64. The molecule has 2 atom stereocenters. The molecule has 0 aliphatic carbocycles. The summed E-state index contributed by atoms with van der Waals surface area (Å²) in [6.07, 6.45) is 3.29. The van der Waals surface area contributed by atoms with E-state index < -0.39 is 0 Å². The Morgan fingerprint density at radius 3 is 2.76 bits per heavy atom. The Kier molecular flexibility index (Phi) is 7.20. The van der Waals surface area contributed by atoms with Crippen LogP contribution in [-0.2, 0) is 4.79 Å². The molecule has 1 fully saturated rings. The number of hydrogen-bond acceptors (Lipinski definition) is 9. The van der Waals surface area contributed by atoms with E-state index in [9.17, 15) is 4.79 Å². The second kappa shape index (κ2) is 10.7. The molecule has 4 N–H and O–H groups in total. The molecular formula is C27H31N7O2S. The molecule has 2 aromatic carbocycles. The normalized spacial score (nSPS) is 21.1. The number of piperazine rings is 1. The van der Waals surface area contributed by atoms with Crippen LogP contribution < -0.4 is 26.0 Å². The maximum absolute atomic E-state index is 12.3. The van der Waals surface area contributed by atoms with Crippen LogP contribution in [0.4, 0.5) is 22.7 Å². The van der Waals surface area contributed by atoms with E-state index in [-0.39, 0.29) is 17.2 Å². The number of amides is 1. The number of nitrogens with two attached hydrogens (primary N) is 1. The van der Waals surface area contributed by atoms with Crippen LogP contribution in [0.15, 0.2) is 70.5 Å². The van der Waals surface area contributed by atoms with Crippen molar-refractivity contribution in [2.24, 2.45) is 9.98 Å². The van der Waals surface area contributed by atoms with Crippen LogP contribution in [0.25, 0.3) is 0 Å². The average Bonchev–Trinajstić information content (AvgIpc) is 3.37. The van der Waals surface area contributed by atoms with E-state index in [0.717, 1.165) is 43.1 Å². The van der Waals surface area contributed by atoms with Gasteiger partial charge in [0.25, 0.3) is 0 Å². The Morgan fingerprint density at radius 1 is 1.22 bits per heavy atom. The van der Waals surface area contributed by atoms with Crippen LogP contribution in [0, 0.1) is 0 Å². The molecule has 1 saturated heterocycles. The lowest BCUT2D eigenvalue weighted by Gasteiger charge is -2.35. The first-order chi connectivity index (χ1) is 17.9. The highest BCUT2D eigenvalue weighted by Crippen LogP contribution is 2.41. The molecule has 9 nitrogen and oxygen atoms in total. The lowest BCUT2D eigenvalue weighted by Crippen LogP contribution is -2.44. The van der Waals surface area contributed by atoms with Crippen molar-refractivity contribution in [1.82, 2.24) is 4.90 Å². The van der Waals surface area contributed by atoms with Crippen molar-refractivity contribution in [2.75, 3.05) is 61.6 Å². The Morgan fingerprint density at radius 2 is 2.03 bits per heavy atom. The number of carbonyl (C=O) groups is 1. The lowest BCUT2D eigenvalue weighted by molar-refractivity contribution is -0.111. The third kappa shape index (κ3) is 5.35. The average molecular weight is 518 g/mol. The number of aliphatic imine (C=N–C) groups is 2. The maximum Gasteiger partial charge on any atom is 0.247 e. The van der Waals surface area contributed by atoms with Gasteiger partial charge in [-0.15, -0.1) is 11.8 Å². The third-order valence-corrected chi connectivity index (χ3v) is 7.73. The van der Waals surface area contributed by atoms with Gasteiger partial charge in [-0.1, -0.05) is 18.7 Å². The predicted molar refractivity (Wildman–Crippen MR) is 154 cm³/mol. The van der Waals surface area contributed by atoms with Gasteiger partial charge in [0.1, 0.15) is 5.75 Å². The van der Waals surface area contributed by atoms with Crippen molar-refractivity contribution in [3.8, 4) is 5.75 Å². The molecule has 2 unspecified atom stereocenters. The van der Waals surface area contributed by atoms with Gasteiger partial charge in [-0.3, -0.25) is 4.79 Å². The first-order valence-corrected chi connectivity index (χ1v) is 13.1. The summed E-state index contributed by atoms with van der Waals surface area (Å²) in [5, 5.41) is 8.46. The topological polar surface area (TPSA) is 108 Å². The second-order valence-corrected chi connectivity index (χ2v) is 10.2. The van der Waals surface area contributed by atoms with Crippen molar-refractivity contribution in [2.45, 2.75) is 11.3 Å². The van der Waals surface area contributed by atoms with Crippen molar-refractivity contribution >= 4 is 52.1 Å². The van der Waals surface area contributed by atoms with E-state index >= 15 is 0 Å². The molecule has 192 valence electrons. The van der Waals surface area contributed by atoms with Crippen molar-refractivity contribution < 1.29 is 9.53 Å². The minimum absolute atomic E-state index is 0.0938. The van der Waals surface area contributed by atoms with E-state index in [1.54, 1.807) is 18.9 Å². The Bertz CT molecular complexity index is 1300. The van der Waals surface area contributed by atoms with Crippen LogP contribution in [0.3, 0.4) is 0 Å². The SMILES string of the molecule is C=CC(=O)Nc1cc(NC2=NC(c3cccc(N)c3)C3SC=CC3=N2)c(OC)cc1N1CCN(C)CC1. The summed E-state index contributed by atoms with van der Waals surface area (Å²) in [4.78, 5) is 26.6. The molecule has 1 amide bonds. The van der Waals surface area contributed by atoms with Gasteiger partial charge >= 0.3 is 0 Å². The largest absolute Gasteiger partial charge is 0.494 e. The number of nitrogens with one attached hydrogen (secondary N) is 2. The molecule has 0 spiro atoms. The second-order valence-electron chi connectivity index (χ2n) is 9.14. The van der Waals surface area contributed by atoms with E-state index in [1.807, 2.05) is 42.5 Å². The zero-order chi connectivity index (χ0) is 25.9. The summed E-state index contributed by atoms with van der Waals surface area (Å²) >= 11 is 1.70. The van der Waals surface area contributed by atoms with E-state index in [0.29, 0.717) is 28.8 Å². The van der Waals surface area contributed by atoms with Gasteiger partial charge in [-0.25, -0.2) is 9.98 Å². The van der Waals surface area contributed by atoms with Gasteiger partial charge in [0.15, 0.2) is 0 Å². The quantitative estimate of drug-likeness (QED) is 0.396. The van der Waals surface area contributed by atoms with Crippen LogP contribution in [0.1, 0.15) is 11.6 Å². The highest BCUT2D eigenvalue weighted by atomic mass is 32.2. The highest BCUT2D eigenvalue weighted by Gasteiger charge is 2.33. The number of likely N-dealkylation sites (N-methyl/N-ethyl adjacent to an activating group) is 1. The van der Waals surface area contributed by atoms with Crippen LogP contribution in [-0.4, -0.2) is 68.1 Å². The lowest BCUT2D eigenvalue weighted by atomic mass is 9.99. The van der Waals surface area contributed by atoms with Crippen LogP contribution >= 0.6 is 11.8 Å². The van der Waals surface area contributed by atoms with Crippen molar-refractivity contribution in [1.29, 1.82) is 0 Å². The maximum atomic E-state index is 12.3. The highest BCUT2D eigenvalue weighted by molar-refractivity contribution is 8.04. The number of methoxy groups -OCH3 is 1. The number of fused-ring (bicyclic) bond motifs is 1. The van der Waals surface area contributed by atoms with Crippen molar-refractivity contribution in [3.63, 3.8) is 0 Å². The van der Waals surface area contributed by atoms with Gasteiger partial charge < -0.3 is 30.9 Å². The number of nitrogen functional groups attached to an aromatic ring is 1. The summed E-state index contributed by atoms with van der Waals surface area (Å²) in [7, 11) is 3.74. The first kappa shape index (κ1) is 24.9. The number of anilines is 4. The Labute approximate surface area is 221 Å². The number of nitrogens with zero attached hydrogens (tertiary/aromatic N) is 4. The number of carbonyl (C=O) groups excluding carboxylic acids is 1. The van der Waals surface area contributed by atoms with Gasteiger partial charge in [-0.2, -0.15) is 0 Å². The summed E-state index contributed by atoms with van der Waals surface area (Å²) in [5.74, 6) is 0.823. The zero-order valence-electron chi connectivity index (χ0n) is 21.0. The molecule has 3 aliphatic heterocycles. The van der Waals surface area contributed by atoms with Crippen LogP contribution in [0.5, 0.6) is 5.75 Å². The summed E-state index contributed by atoms with van der Waals surface area (Å²) < 4.78 is 5.77. The molecule has 10 heteroatoms. The molecule has 3 aliphatic rings. The van der Waals surface area contributed by atoms with Crippen LogP contribution in [0.2, 0.25) is 0 Å². The smallest absolute Gasteiger partial charge is 0.247 e. The summed E-state index contributed by atoms with van der Waals surface area (Å²) in [5.41, 5.74) is 11.0. The van der Waals surface area contributed by atoms with Gasteiger partial charge in [-0.05, 0) is 48.4 Å². The monoisotopic (exact) mass is 517 g/mol. The Hall–Kier alpha value is -3.76. The first-order valence-electron chi connectivity index (χ1n) is 12.1. The molecule has 2 aromatic rings. The number of allylic oxidation sites excluding steroid dienone is 1. The summed E-state index contributed by atoms with van der Waals surface area (Å²) in [6.45, 7) is 7.16. The fourth-order valence-corrected chi connectivity index (χ4v) is 5.67. The summed E-state index contributed by atoms with van der Waals surface area (Å²) in [6, 6.07) is 11.5. The zero-order valence-corrected chi connectivity index (χ0v) is 21.8. The molecule has 0 saturated carbocycles. The molecule has 0 radical (unpaired) electrons. The number of thioether (sulfide) groups is 1. The van der Waals surface area contributed by atoms with E-state index in [4.69, 9.17) is 20.5 Å². The number of rotatable bonds is 6. The molecule has 37 heavy (non-hydrogen) atoms. The standard InChI is InChI=1S/C27H31N7O2S/c1-4-24(35)29-20-15-21(23(36-3)16-22(20)34-11-9-33(2)10-12-34)31-27-30-19-8-13-37-26(19)25(32-27)17-6-5-7-18(28)14-17/h4-8,13-16,25-26H,1,9-12,28H2,2-3H3,(H,29,35)(H,31,32). The van der Waals surface area contributed by atoms with Crippen molar-refractivity contribution in [3.05, 3.63) is 66.1 Å². The number of hydrogen-bond donors (Lipinski definition) is 3.